The molecule has 0 heterocycles. The van der Waals surface area contributed by atoms with Crippen molar-refractivity contribution in [2.45, 2.75) is 19.8 Å². The summed E-state index contributed by atoms with van der Waals surface area (Å²) >= 11 is 0. The number of aryl methyl sites for hydroxylation is 1. The highest BCUT2D eigenvalue weighted by Crippen LogP contribution is 2.13. The monoisotopic (exact) mass is 286 g/mol. The minimum Gasteiger partial charge on any atom is -0.427 e. The zero-order chi connectivity index (χ0) is 15.2. The fraction of sp³-hybridized carbons (Fsp3) is 0.176. The second-order valence-electron chi connectivity index (χ2n) is 4.72. The summed E-state index contributed by atoms with van der Waals surface area (Å²) in [6.07, 6.45) is 0.0282. The van der Waals surface area contributed by atoms with Crippen molar-refractivity contribution < 1.29 is 18.7 Å². The van der Waals surface area contributed by atoms with Gasteiger partial charge in [0.05, 0.1) is 6.42 Å². The summed E-state index contributed by atoms with van der Waals surface area (Å²) in [5, 5.41) is 0. The topological polar surface area (TPSA) is 43.4 Å². The van der Waals surface area contributed by atoms with Gasteiger partial charge in [-0.25, -0.2) is 4.39 Å². The summed E-state index contributed by atoms with van der Waals surface area (Å²) in [5.41, 5.74) is 1.46. The molecule has 0 aromatic heterocycles. The first-order chi connectivity index (χ1) is 10.0. The molecule has 0 aliphatic carbocycles. The van der Waals surface area contributed by atoms with E-state index >= 15 is 0 Å². The maximum atomic E-state index is 12.7. The Hall–Kier alpha value is -2.49. The van der Waals surface area contributed by atoms with E-state index < -0.39 is 11.8 Å². The third-order valence-electron chi connectivity index (χ3n) is 2.98. The molecule has 2 aromatic rings. The van der Waals surface area contributed by atoms with Crippen LogP contribution in [-0.4, -0.2) is 11.8 Å². The van der Waals surface area contributed by atoms with Crippen LogP contribution in [0.25, 0.3) is 0 Å². The van der Waals surface area contributed by atoms with Crippen LogP contribution < -0.4 is 4.74 Å². The quantitative estimate of drug-likeness (QED) is 0.478. The number of carbonyl (C=O) groups excluding carboxylic acids is 2. The minimum absolute atomic E-state index is 0.00984. The summed E-state index contributed by atoms with van der Waals surface area (Å²) in [6.45, 7) is 1.94. The Kier molecular flexibility index (Phi) is 4.82. The third-order valence-corrected chi connectivity index (χ3v) is 2.98. The van der Waals surface area contributed by atoms with E-state index in [4.69, 9.17) is 4.74 Å². The molecule has 0 aliphatic rings. The van der Waals surface area contributed by atoms with E-state index in [0.29, 0.717) is 11.3 Å². The van der Waals surface area contributed by atoms with Crippen molar-refractivity contribution in [2.24, 2.45) is 0 Å². The largest absolute Gasteiger partial charge is 0.427 e. The van der Waals surface area contributed by atoms with E-state index in [1.54, 1.807) is 12.1 Å². The lowest BCUT2D eigenvalue weighted by molar-refractivity contribution is -0.134. The van der Waals surface area contributed by atoms with E-state index in [0.717, 1.165) is 5.56 Å². The molecule has 0 saturated carbocycles. The highest BCUT2D eigenvalue weighted by Gasteiger charge is 2.11. The van der Waals surface area contributed by atoms with E-state index in [9.17, 15) is 14.0 Å². The number of hydrogen-bond donors (Lipinski definition) is 0. The Morgan fingerprint density at radius 3 is 2.19 bits per heavy atom. The Labute approximate surface area is 122 Å². The van der Waals surface area contributed by atoms with Gasteiger partial charge in [0, 0.05) is 12.0 Å². The van der Waals surface area contributed by atoms with Crippen molar-refractivity contribution in [3.63, 3.8) is 0 Å². The fourth-order valence-corrected chi connectivity index (χ4v) is 1.78. The van der Waals surface area contributed by atoms with Crippen molar-refractivity contribution >= 4 is 11.8 Å². The molecular weight excluding hydrogens is 271 g/mol. The number of Topliss-reactive ketones (excluding diaryl/α,β-unsaturated/α-hetero) is 1. The maximum absolute atomic E-state index is 12.7. The molecule has 2 rings (SSSR count). The molecule has 0 saturated heterocycles. The lowest BCUT2D eigenvalue weighted by Gasteiger charge is -2.04. The van der Waals surface area contributed by atoms with Gasteiger partial charge in [0.1, 0.15) is 11.6 Å². The second-order valence-corrected chi connectivity index (χ2v) is 4.72. The highest BCUT2D eigenvalue weighted by molar-refractivity contribution is 5.97. The smallest absolute Gasteiger partial charge is 0.311 e. The summed E-state index contributed by atoms with van der Waals surface area (Å²) in [4.78, 5) is 23.5. The summed E-state index contributed by atoms with van der Waals surface area (Å²) in [5.74, 6) is -0.615. The number of benzene rings is 2. The van der Waals surface area contributed by atoms with Crippen LogP contribution in [0.15, 0.2) is 48.5 Å². The molecule has 0 bridgehead atoms. The lowest BCUT2D eigenvalue weighted by atomic mass is 10.1. The van der Waals surface area contributed by atoms with Gasteiger partial charge in [0.15, 0.2) is 5.78 Å². The molecule has 21 heavy (non-hydrogen) atoms. The van der Waals surface area contributed by atoms with Gasteiger partial charge in [-0.15, -0.1) is 0 Å². The first-order valence-electron chi connectivity index (χ1n) is 6.61. The van der Waals surface area contributed by atoms with E-state index in [2.05, 4.69) is 0 Å². The zero-order valence-corrected chi connectivity index (χ0v) is 11.6. The normalized spacial score (nSPS) is 10.2. The zero-order valence-electron chi connectivity index (χ0n) is 11.6. The fourth-order valence-electron chi connectivity index (χ4n) is 1.78. The maximum Gasteiger partial charge on any atom is 0.311 e. The Morgan fingerprint density at radius 1 is 0.952 bits per heavy atom. The van der Waals surface area contributed by atoms with Crippen molar-refractivity contribution in [3.8, 4) is 5.75 Å². The van der Waals surface area contributed by atoms with Crippen LogP contribution in [0.3, 0.4) is 0 Å². The van der Waals surface area contributed by atoms with Crippen LogP contribution in [0.1, 0.15) is 28.8 Å². The van der Waals surface area contributed by atoms with Crippen LogP contribution in [0.2, 0.25) is 0 Å². The molecule has 0 N–H and O–H groups in total. The average Bonchev–Trinajstić information content (AvgIpc) is 2.48. The first-order valence-corrected chi connectivity index (χ1v) is 6.61. The molecule has 0 amide bonds. The van der Waals surface area contributed by atoms with E-state index in [1.165, 1.54) is 24.3 Å². The van der Waals surface area contributed by atoms with Gasteiger partial charge >= 0.3 is 5.97 Å². The van der Waals surface area contributed by atoms with Gasteiger partial charge in [0.25, 0.3) is 0 Å². The lowest BCUT2D eigenvalue weighted by Crippen LogP contribution is -2.10. The SMILES string of the molecule is Cc1ccc(OC(=O)CCC(=O)c2ccc(F)cc2)cc1. The van der Waals surface area contributed by atoms with Gasteiger partial charge < -0.3 is 4.74 Å². The summed E-state index contributed by atoms with van der Waals surface area (Å²) in [6, 6.07) is 12.3. The first kappa shape index (κ1) is 14.9. The number of halogens is 1. The van der Waals surface area contributed by atoms with Crippen molar-refractivity contribution in [3.05, 3.63) is 65.5 Å². The standard InChI is InChI=1S/C17H15FO3/c1-12-2-8-15(9-3-12)21-17(20)11-10-16(19)13-4-6-14(18)7-5-13/h2-9H,10-11H2,1H3. The van der Waals surface area contributed by atoms with Gasteiger partial charge in [-0.3, -0.25) is 9.59 Å². The van der Waals surface area contributed by atoms with Crippen LogP contribution in [0.5, 0.6) is 5.75 Å². The van der Waals surface area contributed by atoms with Crippen LogP contribution in [0, 0.1) is 12.7 Å². The van der Waals surface area contributed by atoms with Crippen molar-refractivity contribution in [2.75, 3.05) is 0 Å². The van der Waals surface area contributed by atoms with Gasteiger partial charge in [-0.05, 0) is 43.3 Å². The minimum atomic E-state index is -0.464. The number of carbonyl (C=O) groups is 2. The number of hydrogen-bond acceptors (Lipinski definition) is 3. The molecule has 0 atom stereocenters. The van der Waals surface area contributed by atoms with E-state index in [-0.39, 0.29) is 18.6 Å². The molecule has 0 unspecified atom stereocenters. The van der Waals surface area contributed by atoms with Crippen molar-refractivity contribution in [1.29, 1.82) is 0 Å². The van der Waals surface area contributed by atoms with Crippen LogP contribution in [0.4, 0.5) is 4.39 Å². The van der Waals surface area contributed by atoms with Gasteiger partial charge in [0.2, 0.25) is 0 Å². The second kappa shape index (κ2) is 6.79. The van der Waals surface area contributed by atoms with Crippen LogP contribution in [-0.2, 0) is 4.79 Å². The van der Waals surface area contributed by atoms with Gasteiger partial charge in [-0.1, -0.05) is 17.7 Å². The van der Waals surface area contributed by atoms with E-state index in [1.807, 2.05) is 19.1 Å². The molecule has 0 spiro atoms. The molecule has 0 aliphatic heterocycles. The molecule has 4 heteroatoms. The predicted octanol–water partition coefficient (Wildman–Crippen LogP) is 3.70. The van der Waals surface area contributed by atoms with Crippen LogP contribution >= 0.6 is 0 Å². The van der Waals surface area contributed by atoms with Crippen molar-refractivity contribution in [1.82, 2.24) is 0 Å². The highest BCUT2D eigenvalue weighted by atomic mass is 19.1. The molecule has 2 aromatic carbocycles. The Balaban J connectivity index is 1.84. The molecular formula is C17H15FO3. The molecule has 0 fully saturated rings. The average molecular weight is 286 g/mol. The predicted molar refractivity (Wildman–Crippen MR) is 76.8 cm³/mol. The number of ketones is 1. The number of rotatable bonds is 5. The number of ether oxygens (including phenoxy) is 1. The third kappa shape index (κ3) is 4.53. The molecule has 108 valence electrons. The summed E-state index contributed by atoms with van der Waals surface area (Å²) < 4.78 is 17.9. The molecule has 3 nitrogen and oxygen atoms in total. The summed E-state index contributed by atoms with van der Waals surface area (Å²) in [7, 11) is 0. The number of esters is 1. The van der Waals surface area contributed by atoms with Gasteiger partial charge in [-0.2, -0.15) is 0 Å². The Morgan fingerprint density at radius 2 is 1.57 bits per heavy atom. The molecule has 0 radical (unpaired) electrons. The Bertz CT molecular complexity index is 630.